The summed E-state index contributed by atoms with van der Waals surface area (Å²) in [5, 5.41) is 0.902. The van der Waals surface area contributed by atoms with Gasteiger partial charge in [-0.25, -0.2) is 0 Å². The largest absolute Gasteiger partial charge is 0.323 e. The molecule has 0 radical (unpaired) electrons. The van der Waals surface area contributed by atoms with Gasteiger partial charge in [0.25, 0.3) is 0 Å². The van der Waals surface area contributed by atoms with Gasteiger partial charge in [0.05, 0.1) is 0 Å². The zero-order valence-corrected chi connectivity index (χ0v) is 12.1. The van der Waals surface area contributed by atoms with Crippen LogP contribution in [0.4, 0.5) is 0 Å². The van der Waals surface area contributed by atoms with Crippen molar-refractivity contribution < 1.29 is 0 Å². The van der Waals surface area contributed by atoms with Gasteiger partial charge in [0.15, 0.2) is 0 Å². The molecule has 1 saturated carbocycles. The molecule has 1 aliphatic rings. The van der Waals surface area contributed by atoms with E-state index in [9.17, 15) is 0 Å². The van der Waals surface area contributed by atoms with Crippen molar-refractivity contribution in [2.45, 2.75) is 38.6 Å². The lowest BCUT2D eigenvalue weighted by molar-refractivity contribution is 0.350. The quantitative estimate of drug-likeness (QED) is 0.885. The Labute approximate surface area is 119 Å². The lowest BCUT2D eigenvalue weighted by Gasteiger charge is -2.38. The van der Waals surface area contributed by atoms with Gasteiger partial charge >= 0.3 is 0 Å². The second kappa shape index (κ2) is 4.93. The van der Waals surface area contributed by atoms with E-state index in [1.54, 1.807) is 0 Å². The van der Waals surface area contributed by atoms with Crippen LogP contribution in [0.3, 0.4) is 0 Å². The smallest absolute Gasteiger partial charge is 0.0440 e. The monoisotopic (exact) mass is 274 g/mol. The van der Waals surface area contributed by atoms with Crippen molar-refractivity contribution in [2.24, 2.45) is 0 Å². The van der Waals surface area contributed by atoms with Crippen LogP contribution in [0, 0.1) is 13.8 Å². The van der Waals surface area contributed by atoms with Crippen LogP contribution in [0.2, 0.25) is 5.02 Å². The highest BCUT2D eigenvalue weighted by atomic mass is 35.5. The van der Waals surface area contributed by atoms with E-state index in [0.29, 0.717) is 12.0 Å². The second-order valence-corrected chi connectivity index (χ2v) is 5.87. The molecule has 0 amide bonds. The fourth-order valence-electron chi connectivity index (χ4n) is 2.84. The van der Waals surface area contributed by atoms with Gasteiger partial charge in [-0.15, -0.1) is 0 Å². The number of halogens is 1. The fourth-order valence-corrected chi connectivity index (χ4v) is 3.13. The van der Waals surface area contributed by atoms with E-state index in [2.05, 4.69) is 48.2 Å². The van der Waals surface area contributed by atoms with Crippen molar-refractivity contribution >= 4 is 11.6 Å². The Hall–Kier alpha value is -1.41. The third-order valence-electron chi connectivity index (χ3n) is 4.07. The number of nitrogens with one attached hydrogen (secondary N) is 1. The molecule has 100 valence electrons. The van der Waals surface area contributed by atoms with Crippen molar-refractivity contribution in [1.29, 1.82) is 0 Å². The minimum Gasteiger partial charge on any atom is -0.323 e. The summed E-state index contributed by atoms with van der Waals surface area (Å²) in [6.45, 7) is 4.26. The lowest BCUT2D eigenvalue weighted by atomic mass is 9.76. The number of hydrogen-bond donors (Lipinski definition) is 1. The van der Waals surface area contributed by atoms with E-state index in [-0.39, 0.29) is 0 Å². The van der Waals surface area contributed by atoms with E-state index in [1.165, 1.54) is 17.0 Å². The Kier molecular flexibility index (Phi) is 3.28. The minimum absolute atomic E-state index is 0.547. The molecule has 3 heteroatoms. The van der Waals surface area contributed by atoms with Crippen molar-refractivity contribution in [3.05, 3.63) is 58.4 Å². The molecule has 1 heterocycles. The second-order valence-electron chi connectivity index (χ2n) is 5.47. The summed E-state index contributed by atoms with van der Waals surface area (Å²) in [6.07, 6.45) is 2.31. The van der Waals surface area contributed by atoms with Gasteiger partial charge in [-0.3, -0.25) is 4.68 Å². The maximum atomic E-state index is 6.25. The molecule has 0 bridgehead atoms. The van der Waals surface area contributed by atoms with Gasteiger partial charge in [0.2, 0.25) is 0 Å². The molecule has 1 fully saturated rings. The van der Waals surface area contributed by atoms with Crippen LogP contribution in [0.1, 0.15) is 35.7 Å². The summed E-state index contributed by atoms with van der Waals surface area (Å²) in [6, 6.07) is 13.0. The standard InChI is InChI=1S/C16H19ClN2/c1-11-7-8-12(2)19(11)18-14-9-13(10-14)15-5-3-4-6-16(15)17/h3-8,13-14,18H,9-10H2,1-2H3. The van der Waals surface area contributed by atoms with E-state index in [1.807, 2.05) is 12.1 Å². The van der Waals surface area contributed by atoms with Gasteiger partial charge in [0.1, 0.15) is 0 Å². The van der Waals surface area contributed by atoms with Crippen LogP contribution >= 0.6 is 11.6 Å². The van der Waals surface area contributed by atoms with E-state index < -0.39 is 0 Å². The van der Waals surface area contributed by atoms with Crippen LogP contribution < -0.4 is 5.43 Å². The average Bonchev–Trinajstić information content (AvgIpc) is 2.65. The number of benzene rings is 1. The molecule has 1 N–H and O–H groups in total. The van der Waals surface area contributed by atoms with Gasteiger partial charge in [-0.05, 0) is 56.4 Å². The summed E-state index contributed by atoms with van der Waals surface area (Å²) in [5.74, 6) is 0.599. The van der Waals surface area contributed by atoms with Crippen LogP contribution in [0.25, 0.3) is 0 Å². The molecule has 0 spiro atoms. The molecule has 0 unspecified atom stereocenters. The molecule has 0 saturated heterocycles. The first-order valence-electron chi connectivity index (χ1n) is 6.81. The Balaban J connectivity index is 1.63. The van der Waals surface area contributed by atoms with Crippen molar-refractivity contribution in [1.82, 2.24) is 4.68 Å². The Morgan fingerprint density at radius 1 is 1.05 bits per heavy atom. The van der Waals surface area contributed by atoms with Crippen LogP contribution in [0.15, 0.2) is 36.4 Å². The normalized spacial score (nSPS) is 22.1. The molecular formula is C16H19ClN2. The summed E-state index contributed by atoms with van der Waals surface area (Å²) in [7, 11) is 0. The molecule has 19 heavy (non-hydrogen) atoms. The molecule has 0 aliphatic heterocycles. The highest BCUT2D eigenvalue weighted by molar-refractivity contribution is 6.31. The molecule has 2 nitrogen and oxygen atoms in total. The van der Waals surface area contributed by atoms with Crippen molar-refractivity contribution in [3.8, 4) is 0 Å². The van der Waals surface area contributed by atoms with Gasteiger partial charge < -0.3 is 5.43 Å². The molecule has 1 aromatic heterocycles. The molecule has 1 aromatic carbocycles. The van der Waals surface area contributed by atoms with Crippen LogP contribution in [0.5, 0.6) is 0 Å². The van der Waals surface area contributed by atoms with Crippen molar-refractivity contribution in [2.75, 3.05) is 5.43 Å². The predicted molar refractivity (Wildman–Crippen MR) is 80.5 cm³/mol. The maximum Gasteiger partial charge on any atom is 0.0440 e. The average molecular weight is 275 g/mol. The van der Waals surface area contributed by atoms with Gasteiger partial charge in [-0.2, -0.15) is 0 Å². The molecular weight excluding hydrogens is 256 g/mol. The van der Waals surface area contributed by atoms with E-state index in [0.717, 1.165) is 17.9 Å². The minimum atomic E-state index is 0.547. The first-order chi connectivity index (χ1) is 9.15. The lowest BCUT2D eigenvalue weighted by Crippen LogP contribution is -2.39. The number of aryl methyl sites for hydroxylation is 2. The Bertz CT molecular complexity index is 563. The summed E-state index contributed by atoms with van der Waals surface area (Å²) < 4.78 is 2.19. The van der Waals surface area contributed by atoms with E-state index in [4.69, 9.17) is 11.6 Å². The van der Waals surface area contributed by atoms with Gasteiger partial charge in [0, 0.05) is 22.5 Å². The topological polar surface area (TPSA) is 17.0 Å². The summed E-state index contributed by atoms with van der Waals surface area (Å²) in [4.78, 5) is 0. The SMILES string of the molecule is Cc1ccc(C)n1NC1CC(c2ccccc2Cl)C1. The highest BCUT2D eigenvalue weighted by Gasteiger charge is 2.31. The van der Waals surface area contributed by atoms with Crippen LogP contribution in [-0.2, 0) is 0 Å². The fraction of sp³-hybridized carbons (Fsp3) is 0.375. The van der Waals surface area contributed by atoms with Gasteiger partial charge in [-0.1, -0.05) is 29.8 Å². The first-order valence-corrected chi connectivity index (χ1v) is 7.19. The highest BCUT2D eigenvalue weighted by Crippen LogP contribution is 2.40. The maximum absolute atomic E-state index is 6.25. The third kappa shape index (κ3) is 2.37. The summed E-state index contributed by atoms with van der Waals surface area (Å²) in [5.41, 5.74) is 7.41. The number of hydrogen-bond acceptors (Lipinski definition) is 1. The van der Waals surface area contributed by atoms with Crippen molar-refractivity contribution in [3.63, 3.8) is 0 Å². The van der Waals surface area contributed by atoms with Crippen LogP contribution in [-0.4, -0.2) is 10.7 Å². The zero-order valence-electron chi connectivity index (χ0n) is 11.4. The Morgan fingerprint density at radius 3 is 2.32 bits per heavy atom. The molecule has 2 aromatic rings. The Morgan fingerprint density at radius 2 is 1.68 bits per heavy atom. The number of nitrogens with zero attached hydrogens (tertiary/aromatic N) is 1. The summed E-state index contributed by atoms with van der Waals surface area (Å²) >= 11 is 6.25. The molecule has 1 aliphatic carbocycles. The van der Waals surface area contributed by atoms with E-state index >= 15 is 0 Å². The number of aromatic nitrogens is 1. The zero-order chi connectivity index (χ0) is 13.4. The molecule has 0 atom stereocenters. The molecule has 3 rings (SSSR count). The third-order valence-corrected chi connectivity index (χ3v) is 4.41. The predicted octanol–water partition coefficient (Wildman–Crippen LogP) is 4.25. The number of rotatable bonds is 3. The first kappa shape index (κ1) is 12.6.